The van der Waals surface area contributed by atoms with Crippen molar-refractivity contribution in [1.82, 2.24) is 24.5 Å². The molecule has 0 bridgehead atoms. The van der Waals surface area contributed by atoms with Gasteiger partial charge in [0.05, 0.1) is 25.3 Å². The first-order valence-electron chi connectivity index (χ1n) is 18.0. The molecule has 49 heavy (non-hydrogen) atoms. The van der Waals surface area contributed by atoms with E-state index in [1.54, 1.807) is 4.90 Å². The largest absolute Gasteiger partial charge is 0.472 e. The van der Waals surface area contributed by atoms with Gasteiger partial charge < -0.3 is 24.5 Å². The molecule has 2 aromatic carbocycles. The summed E-state index contributed by atoms with van der Waals surface area (Å²) in [6, 6.07) is 15.1. The highest BCUT2D eigenvalue weighted by atomic mass is 31.2. The molecule has 0 radical (unpaired) electrons. The molecule has 11 heteroatoms. The highest BCUT2D eigenvalue weighted by molar-refractivity contribution is 7.47. The fourth-order valence-corrected chi connectivity index (χ4v) is 7.33. The number of phosphoric ester groups is 1. The second-order valence-corrected chi connectivity index (χ2v) is 14.9. The lowest BCUT2D eigenvalue weighted by atomic mass is 10.0. The first-order valence-corrected chi connectivity index (χ1v) is 19.5. The number of unbranched alkanes of at least 4 members (excludes halogenated alkanes) is 1. The molecule has 1 amide bonds. The minimum atomic E-state index is -4.43. The topological polar surface area (TPSA) is 89.0 Å². The maximum atomic E-state index is 13.8. The molecule has 0 aromatic heterocycles. The van der Waals surface area contributed by atoms with Crippen LogP contribution in [-0.2, 0) is 26.5 Å². The van der Waals surface area contributed by atoms with Crippen molar-refractivity contribution in [2.75, 3.05) is 93.2 Å². The van der Waals surface area contributed by atoms with E-state index in [1.807, 2.05) is 55.5 Å². The molecule has 1 aliphatic heterocycles. The van der Waals surface area contributed by atoms with Crippen LogP contribution < -0.4 is 0 Å². The Morgan fingerprint density at radius 2 is 1.51 bits per heavy atom. The molecule has 1 unspecified atom stereocenters. The molecule has 3 atom stereocenters. The van der Waals surface area contributed by atoms with Crippen molar-refractivity contribution < 1.29 is 23.3 Å². The summed E-state index contributed by atoms with van der Waals surface area (Å²) in [7, 11) is 2.09. The summed E-state index contributed by atoms with van der Waals surface area (Å²) in [6.07, 6.45) is 3.21. The quantitative estimate of drug-likeness (QED) is 0.191. The number of hydrogen-bond donors (Lipinski definition) is 1. The minimum Gasteiger partial charge on any atom is -0.329 e. The van der Waals surface area contributed by atoms with E-state index in [0.717, 1.165) is 82.7 Å². The fourth-order valence-electron chi connectivity index (χ4n) is 6.41. The molecule has 1 saturated heterocycles. The van der Waals surface area contributed by atoms with Gasteiger partial charge in [-0.05, 0) is 69.7 Å². The van der Waals surface area contributed by atoms with Gasteiger partial charge in [0.25, 0.3) is 5.91 Å². The molecule has 0 saturated carbocycles. The van der Waals surface area contributed by atoms with Crippen LogP contribution in [0.25, 0.3) is 0 Å². The zero-order chi connectivity index (χ0) is 35.2. The smallest absolute Gasteiger partial charge is 0.329 e. The maximum Gasteiger partial charge on any atom is 0.472 e. The highest BCUT2D eigenvalue weighted by Gasteiger charge is 2.42. The fraction of sp³-hybridized carbons (Fsp3) is 0.605. The number of phosphoric acid groups is 1. The van der Waals surface area contributed by atoms with Gasteiger partial charge in [0.15, 0.2) is 0 Å². The van der Waals surface area contributed by atoms with Gasteiger partial charge in [-0.15, -0.1) is 0 Å². The second-order valence-electron chi connectivity index (χ2n) is 13.5. The van der Waals surface area contributed by atoms with Gasteiger partial charge >= 0.3 is 7.82 Å². The van der Waals surface area contributed by atoms with E-state index in [4.69, 9.17) is 9.05 Å². The molecule has 1 fully saturated rings. The molecule has 10 nitrogen and oxygen atoms in total. The first kappa shape index (κ1) is 39.2. The Bertz CT molecular complexity index is 1410. The minimum absolute atomic E-state index is 0.0229. The Morgan fingerprint density at radius 1 is 0.898 bits per heavy atom. The monoisotopic (exact) mass is 695 g/mol. The van der Waals surface area contributed by atoms with Gasteiger partial charge in [0.2, 0.25) is 0 Å². The van der Waals surface area contributed by atoms with E-state index in [9.17, 15) is 14.3 Å². The van der Waals surface area contributed by atoms with Crippen molar-refractivity contribution in [3.05, 3.63) is 70.8 Å². The number of carbonyl (C=O) groups excluding carboxylic acids is 1. The summed E-state index contributed by atoms with van der Waals surface area (Å²) >= 11 is 0. The van der Waals surface area contributed by atoms with Crippen molar-refractivity contribution >= 4 is 13.7 Å². The Hall–Kier alpha value is -2.58. The standard InChI is InChI=1S/C38H58N5O5P/c1-6-8-14-32-17-19-33(20-18-32)38(44)43(7-2)37-35-16-11-10-15-34(35)31-36(37)48-49(45,46)47-30-13-9-12-21-42-28-26-40(4)24-22-39(3)23-25-41(5)27-29-42/h10-11,15-20,36-37H,6-8,13-14,21-31H2,1-5H3,(H,45,46)/t36-,37+/m0/s1. The molecule has 1 heterocycles. The molecular weight excluding hydrogens is 637 g/mol. The second kappa shape index (κ2) is 19.7. The Labute approximate surface area is 294 Å². The summed E-state index contributed by atoms with van der Waals surface area (Å²) in [4.78, 5) is 35.8. The van der Waals surface area contributed by atoms with Gasteiger partial charge in [0, 0.05) is 77.3 Å². The average Bonchev–Trinajstić information content (AvgIpc) is 3.44. The number of fused-ring (bicyclic) bond motifs is 1. The zero-order valence-electron chi connectivity index (χ0n) is 30.4. The number of benzene rings is 2. The van der Waals surface area contributed by atoms with Gasteiger partial charge in [-0.25, -0.2) is 4.57 Å². The van der Waals surface area contributed by atoms with Crippen LogP contribution in [0.5, 0.6) is 0 Å². The van der Waals surface area contributed by atoms with Crippen LogP contribution in [0.1, 0.15) is 66.2 Å². The number of rotatable bonds is 12. The van der Waals surface area contributed by atoms with Gasteiger partial charge in [-0.1, -0.05) is 61.6 Å². The van der Waals surface area contributed by atoms with Crippen molar-refractivity contribution in [3.63, 3.8) is 0 Å². The highest BCUT2D eigenvalue weighted by Crippen LogP contribution is 2.50. The summed E-state index contributed by atoms with van der Waals surface area (Å²) in [5, 5.41) is 0. The number of carbonyl (C=O) groups is 1. The number of aryl methyl sites for hydroxylation is 1. The van der Waals surface area contributed by atoms with Crippen molar-refractivity contribution in [1.29, 1.82) is 0 Å². The number of likely N-dealkylation sites (N-methyl/N-ethyl adjacent to an activating group) is 4. The van der Waals surface area contributed by atoms with Crippen molar-refractivity contribution in [2.24, 2.45) is 0 Å². The van der Waals surface area contributed by atoms with Crippen molar-refractivity contribution in [3.8, 4) is 11.8 Å². The van der Waals surface area contributed by atoms with Crippen LogP contribution >= 0.6 is 7.82 Å². The number of hydrogen-bond acceptors (Lipinski definition) is 8. The van der Waals surface area contributed by atoms with Gasteiger partial charge in [0.1, 0.15) is 0 Å². The lowest BCUT2D eigenvalue weighted by molar-refractivity contribution is 0.0350. The first-order chi connectivity index (χ1) is 23.6. The Balaban J connectivity index is 1.33. The Kier molecular flexibility index (Phi) is 15.8. The van der Waals surface area contributed by atoms with Crippen LogP contribution in [-0.4, -0.2) is 135 Å². The van der Waals surface area contributed by atoms with Crippen molar-refractivity contribution in [2.45, 2.75) is 58.1 Å². The molecule has 1 N–H and O–H groups in total. The normalized spacial score (nSPS) is 21.5. The molecule has 0 spiro atoms. The van der Waals surface area contributed by atoms with E-state index < -0.39 is 20.0 Å². The van der Waals surface area contributed by atoms with E-state index >= 15 is 0 Å². The van der Waals surface area contributed by atoms with E-state index in [0.29, 0.717) is 31.5 Å². The predicted octanol–water partition coefficient (Wildman–Crippen LogP) is 4.80. The predicted molar refractivity (Wildman–Crippen MR) is 197 cm³/mol. The number of nitrogens with zero attached hydrogens (tertiary/aromatic N) is 5. The summed E-state index contributed by atoms with van der Waals surface area (Å²) < 4.78 is 24.5. The molecule has 4 rings (SSSR count). The molecule has 2 aliphatic rings. The third-order valence-corrected chi connectivity index (χ3v) is 10.7. The number of amides is 1. The van der Waals surface area contributed by atoms with Crippen LogP contribution in [0, 0.1) is 11.8 Å². The summed E-state index contributed by atoms with van der Waals surface area (Å²) in [6.45, 7) is 13.1. The molecule has 270 valence electrons. The summed E-state index contributed by atoms with van der Waals surface area (Å²) in [5.41, 5.74) is 3.72. The third-order valence-electron chi connectivity index (χ3n) is 9.60. The SMILES string of the molecule is CCCCc1ccc(C(=O)N(CC)[C@@H]2c3ccccc3C[C@@H]2OP(=O)(O)OCCC#CCN2CCN(C)CCN(C)CCN(C)CC2)cc1. The lowest BCUT2D eigenvalue weighted by Gasteiger charge is -2.33. The zero-order valence-corrected chi connectivity index (χ0v) is 31.2. The Morgan fingerprint density at radius 3 is 2.12 bits per heavy atom. The molecule has 1 aliphatic carbocycles. The van der Waals surface area contributed by atoms with E-state index in [2.05, 4.69) is 59.5 Å². The van der Waals surface area contributed by atoms with E-state index in [-0.39, 0.29) is 12.5 Å². The summed E-state index contributed by atoms with van der Waals surface area (Å²) in [5.74, 6) is 6.23. The van der Waals surface area contributed by atoms with Crippen LogP contribution in [0.3, 0.4) is 0 Å². The van der Waals surface area contributed by atoms with Crippen LogP contribution in [0.15, 0.2) is 48.5 Å². The molecular formula is C38H58N5O5P. The molecule has 2 aromatic rings. The van der Waals surface area contributed by atoms with Crippen LogP contribution in [0.2, 0.25) is 0 Å². The maximum absolute atomic E-state index is 13.8. The van der Waals surface area contributed by atoms with E-state index in [1.165, 1.54) is 5.56 Å². The van der Waals surface area contributed by atoms with Crippen LogP contribution in [0.4, 0.5) is 0 Å². The average molecular weight is 696 g/mol. The lowest BCUT2D eigenvalue weighted by Crippen LogP contribution is -2.43. The van der Waals surface area contributed by atoms with Gasteiger partial charge in [-0.2, -0.15) is 0 Å². The third kappa shape index (κ3) is 12.3. The van der Waals surface area contributed by atoms with Gasteiger partial charge in [-0.3, -0.25) is 18.7 Å².